The van der Waals surface area contributed by atoms with Crippen molar-refractivity contribution in [3.8, 4) is 5.75 Å². The largest absolute Gasteiger partial charge is 0.494 e. The number of nitrogens with one attached hydrogen (secondary N) is 2. The van der Waals surface area contributed by atoms with E-state index in [1.807, 2.05) is 19.4 Å². The Balaban J connectivity index is 1.59. The number of benzene rings is 1. The average molecular weight is 363 g/mol. The zero-order chi connectivity index (χ0) is 18.4. The van der Waals surface area contributed by atoms with E-state index in [0.717, 1.165) is 30.8 Å². The Kier molecular flexibility index (Phi) is 3.84. The number of ether oxygens (including phenoxy) is 2. The first-order valence-corrected chi connectivity index (χ1v) is 9.28. The van der Waals surface area contributed by atoms with E-state index in [-0.39, 0.29) is 17.6 Å². The summed E-state index contributed by atoms with van der Waals surface area (Å²) in [5, 5.41) is 4.85. The van der Waals surface area contributed by atoms with Crippen LogP contribution in [0.3, 0.4) is 0 Å². The molecule has 1 spiro atoms. The van der Waals surface area contributed by atoms with Crippen LogP contribution in [-0.4, -0.2) is 55.5 Å². The zero-order valence-electron chi connectivity index (χ0n) is 15.5. The molecule has 5 rings (SSSR count). The van der Waals surface area contributed by atoms with Gasteiger partial charge >= 0.3 is 0 Å². The van der Waals surface area contributed by atoms with Crippen LogP contribution in [0, 0.1) is 6.20 Å². The first kappa shape index (κ1) is 16.6. The molecule has 27 heavy (non-hydrogen) atoms. The van der Waals surface area contributed by atoms with Crippen LogP contribution in [0.4, 0.5) is 5.69 Å². The lowest BCUT2D eigenvalue weighted by atomic mass is 10.0. The molecule has 1 saturated heterocycles. The molecule has 1 saturated carbocycles. The number of aromatic amines is 1. The fourth-order valence-electron chi connectivity index (χ4n) is 4.82. The van der Waals surface area contributed by atoms with Gasteiger partial charge in [-0.25, -0.2) is 4.98 Å². The summed E-state index contributed by atoms with van der Waals surface area (Å²) in [5.74, 6) is 0.932. The number of methoxy groups -OCH3 is 2. The number of para-hydroxylation sites is 1. The standard InChI is InChI=1S/C21H23N4O2/c1-26-15-9-14(10-23-11-15)25-8-7-22-13-21(25)19(20(21)27-2)17-12-24-18-6-4-3-5-16(17)18/h3-6,9-10,12,19-20,22,24H,7-8,13H2,1-2H3. The lowest BCUT2D eigenvalue weighted by Crippen LogP contribution is -2.56. The minimum atomic E-state index is -0.133. The van der Waals surface area contributed by atoms with Gasteiger partial charge in [0, 0.05) is 55.8 Å². The Hall–Kier alpha value is -2.57. The number of anilines is 1. The van der Waals surface area contributed by atoms with Crippen LogP contribution in [0.5, 0.6) is 5.75 Å². The normalized spacial score (nSPS) is 27.3. The van der Waals surface area contributed by atoms with Gasteiger partial charge in [0.1, 0.15) is 11.9 Å². The molecule has 3 aromatic rings. The molecule has 2 fully saturated rings. The number of aromatic nitrogens is 2. The molecule has 2 aliphatic rings. The predicted octanol–water partition coefficient (Wildman–Crippen LogP) is 2.33. The summed E-state index contributed by atoms with van der Waals surface area (Å²) >= 11 is 0. The Morgan fingerprint density at radius 3 is 3.04 bits per heavy atom. The monoisotopic (exact) mass is 363 g/mol. The summed E-state index contributed by atoms with van der Waals surface area (Å²) in [6, 6.07) is 10.5. The molecule has 0 bridgehead atoms. The fourth-order valence-corrected chi connectivity index (χ4v) is 4.82. The fraction of sp³-hybridized carbons (Fsp3) is 0.381. The third kappa shape index (κ3) is 2.37. The summed E-state index contributed by atoms with van der Waals surface area (Å²) < 4.78 is 11.3. The van der Waals surface area contributed by atoms with Crippen molar-refractivity contribution < 1.29 is 9.47 Å². The summed E-state index contributed by atoms with van der Waals surface area (Å²) in [6.45, 7) is 2.70. The topological polar surface area (TPSA) is 62.4 Å². The number of rotatable bonds is 4. The van der Waals surface area contributed by atoms with Gasteiger partial charge in [-0.1, -0.05) is 18.2 Å². The maximum atomic E-state index is 5.99. The average Bonchev–Trinajstić information content (AvgIpc) is 3.14. The Morgan fingerprint density at radius 2 is 2.19 bits per heavy atom. The van der Waals surface area contributed by atoms with Crippen molar-refractivity contribution in [3.63, 3.8) is 0 Å². The van der Waals surface area contributed by atoms with Crippen molar-refractivity contribution in [2.45, 2.75) is 17.6 Å². The van der Waals surface area contributed by atoms with Crippen LogP contribution >= 0.6 is 0 Å². The maximum Gasteiger partial charge on any atom is 0.148 e. The molecule has 1 aromatic carbocycles. The van der Waals surface area contributed by atoms with Gasteiger partial charge in [-0.15, -0.1) is 0 Å². The number of piperazine rings is 1. The molecule has 2 aromatic heterocycles. The lowest BCUT2D eigenvalue weighted by molar-refractivity contribution is 0.154. The molecular weight excluding hydrogens is 340 g/mol. The van der Waals surface area contributed by atoms with Crippen molar-refractivity contribution >= 4 is 16.6 Å². The van der Waals surface area contributed by atoms with E-state index in [1.54, 1.807) is 7.11 Å². The van der Waals surface area contributed by atoms with Crippen molar-refractivity contribution in [3.05, 3.63) is 54.5 Å². The van der Waals surface area contributed by atoms with Crippen molar-refractivity contribution in [1.29, 1.82) is 0 Å². The van der Waals surface area contributed by atoms with Crippen LogP contribution in [0.25, 0.3) is 10.9 Å². The number of pyridine rings is 1. The van der Waals surface area contributed by atoms with Crippen molar-refractivity contribution in [1.82, 2.24) is 15.3 Å². The van der Waals surface area contributed by atoms with Crippen LogP contribution < -0.4 is 15.0 Å². The minimum Gasteiger partial charge on any atom is -0.494 e. The van der Waals surface area contributed by atoms with Gasteiger partial charge in [-0.05, 0) is 11.6 Å². The summed E-state index contributed by atoms with van der Waals surface area (Å²) in [5.41, 5.74) is 3.40. The molecule has 6 nitrogen and oxygen atoms in total. The number of hydrogen-bond acceptors (Lipinski definition) is 5. The highest BCUT2D eigenvalue weighted by Gasteiger charge is 2.70. The molecule has 3 unspecified atom stereocenters. The molecule has 1 aliphatic carbocycles. The van der Waals surface area contributed by atoms with E-state index in [9.17, 15) is 0 Å². The minimum absolute atomic E-state index is 0.111. The Morgan fingerprint density at radius 1 is 1.30 bits per heavy atom. The Labute approximate surface area is 158 Å². The third-order valence-electron chi connectivity index (χ3n) is 6.04. The smallest absolute Gasteiger partial charge is 0.148 e. The predicted molar refractivity (Wildman–Crippen MR) is 104 cm³/mol. The summed E-state index contributed by atoms with van der Waals surface area (Å²) in [7, 11) is 3.46. The van der Waals surface area contributed by atoms with E-state index < -0.39 is 0 Å². The second-order valence-corrected chi connectivity index (χ2v) is 7.25. The molecule has 139 valence electrons. The molecule has 1 aliphatic heterocycles. The van der Waals surface area contributed by atoms with E-state index in [4.69, 9.17) is 9.47 Å². The van der Waals surface area contributed by atoms with E-state index in [0.29, 0.717) is 5.75 Å². The van der Waals surface area contributed by atoms with Gasteiger partial charge in [0.05, 0.1) is 30.6 Å². The quantitative estimate of drug-likeness (QED) is 0.745. The molecule has 2 N–H and O–H groups in total. The first-order chi connectivity index (χ1) is 13.3. The highest BCUT2D eigenvalue weighted by Crippen LogP contribution is 2.59. The van der Waals surface area contributed by atoms with Crippen LogP contribution in [0.15, 0.2) is 42.7 Å². The van der Waals surface area contributed by atoms with Crippen LogP contribution in [-0.2, 0) is 4.74 Å². The molecule has 3 heterocycles. The van der Waals surface area contributed by atoms with Gasteiger partial charge in [0.25, 0.3) is 0 Å². The van der Waals surface area contributed by atoms with Crippen LogP contribution in [0.1, 0.15) is 11.5 Å². The van der Waals surface area contributed by atoms with E-state index in [2.05, 4.69) is 56.8 Å². The summed E-state index contributed by atoms with van der Waals surface area (Å²) in [6.07, 6.45) is 7.00. The highest BCUT2D eigenvalue weighted by molar-refractivity contribution is 5.85. The van der Waals surface area contributed by atoms with E-state index >= 15 is 0 Å². The number of nitrogens with zero attached hydrogens (tertiary/aromatic N) is 2. The molecular formula is C21H23N4O2. The van der Waals surface area contributed by atoms with Gasteiger partial charge in [0.15, 0.2) is 0 Å². The zero-order valence-corrected chi connectivity index (χ0v) is 15.5. The highest BCUT2D eigenvalue weighted by atomic mass is 16.5. The van der Waals surface area contributed by atoms with Crippen molar-refractivity contribution in [2.24, 2.45) is 0 Å². The van der Waals surface area contributed by atoms with Gasteiger partial charge in [-0.2, -0.15) is 0 Å². The Bertz CT molecular complexity index is 971. The summed E-state index contributed by atoms with van der Waals surface area (Å²) in [4.78, 5) is 10.1. The second-order valence-electron chi connectivity index (χ2n) is 7.25. The number of hydrogen-bond donors (Lipinski definition) is 2. The first-order valence-electron chi connectivity index (χ1n) is 9.28. The second kappa shape index (κ2) is 6.25. The third-order valence-corrected chi connectivity index (χ3v) is 6.04. The number of H-pyrrole nitrogens is 1. The lowest BCUT2D eigenvalue weighted by Gasteiger charge is -2.39. The van der Waals surface area contributed by atoms with Gasteiger partial charge < -0.3 is 24.7 Å². The molecule has 0 amide bonds. The maximum absolute atomic E-state index is 5.99. The van der Waals surface area contributed by atoms with E-state index in [1.165, 1.54) is 10.9 Å². The SMILES string of the molecule is COc1[c]ncc(N2CCNCC23C(OC)C3c2c[nH]c3ccccc23)c1. The molecule has 6 heteroatoms. The van der Waals surface area contributed by atoms with Gasteiger partial charge in [0.2, 0.25) is 0 Å². The van der Waals surface area contributed by atoms with Gasteiger partial charge in [-0.3, -0.25) is 0 Å². The molecule has 3 atom stereocenters. The molecule has 1 radical (unpaired) electrons. The van der Waals surface area contributed by atoms with Crippen molar-refractivity contribution in [2.75, 3.05) is 38.8 Å². The van der Waals surface area contributed by atoms with Crippen LogP contribution in [0.2, 0.25) is 0 Å². The number of fused-ring (bicyclic) bond motifs is 1.